The second kappa shape index (κ2) is 11.5. The van der Waals surface area contributed by atoms with Gasteiger partial charge < -0.3 is 23.9 Å². The summed E-state index contributed by atoms with van der Waals surface area (Å²) >= 11 is 0.947. The van der Waals surface area contributed by atoms with Crippen molar-refractivity contribution in [1.82, 2.24) is 0 Å². The molecule has 9 heteroatoms. The lowest BCUT2D eigenvalue weighted by molar-refractivity contribution is 0.0506. The lowest BCUT2D eigenvalue weighted by atomic mass is 10.1. The van der Waals surface area contributed by atoms with Crippen molar-refractivity contribution in [3.8, 4) is 5.75 Å². The Morgan fingerprint density at radius 3 is 2.41 bits per heavy atom. The van der Waals surface area contributed by atoms with Crippen molar-refractivity contribution in [1.29, 1.82) is 0 Å². The first kappa shape index (κ1) is 25.0. The highest BCUT2D eigenvalue weighted by atomic mass is 32.1. The van der Waals surface area contributed by atoms with Crippen LogP contribution < -0.4 is 10.1 Å². The largest absolute Gasteiger partial charge is 0.486 e. The normalized spacial score (nSPS) is 10.6. The van der Waals surface area contributed by atoms with Gasteiger partial charge in [-0.05, 0) is 55.2 Å². The Balaban J connectivity index is 1.73. The molecule has 0 bridgehead atoms. The molecule has 8 nitrogen and oxygen atoms in total. The summed E-state index contributed by atoms with van der Waals surface area (Å²) in [5.74, 6) is -0.594. The lowest BCUT2D eigenvalue weighted by Gasteiger charge is -2.07. The van der Waals surface area contributed by atoms with Crippen LogP contribution in [0.4, 0.5) is 5.00 Å². The summed E-state index contributed by atoms with van der Waals surface area (Å²) in [4.78, 5) is 37.7. The number of methoxy groups -OCH3 is 1. The van der Waals surface area contributed by atoms with Crippen molar-refractivity contribution in [2.24, 2.45) is 0 Å². The molecule has 0 atom stereocenters. The van der Waals surface area contributed by atoms with Crippen LogP contribution in [0, 0.1) is 6.92 Å². The van der Waals surface area contributed by atoms with E-state index in [1.165, 1.54) is 18.7 Å². The van der Waals surface area contributed by atoms with Gasteiger partial charge in [0.15, 0.2) is 5.76 Å². The monoisotopic (exact) mass is 485 g/mol. The van der Waals surface area contributed by atoms with E-state index in [-0.39, 0.29) is 34.4 Å². The number of aryl methyl sites for hydroxylation is 1. The van der Waals surface area contributed by atoms with E-state index in [1.54, 1.807) is 13.0 Å². The van der Waals surface area contributed by atoms with E-state index in [4.69, 9.17) is 18.6 Å². The molecule has 2 heterocycles. The topological polar surface area (TPSA) is 104 Å². The van der Waals surface area contributed by atoms with E-state index in [0.29, 0.717) is 23.5 Å². The number of carbonyl (C=O) groups is 3. The Morgan fingerprint density at radius 1 is 1.03 bits per heavy atom. The van der Waals surface area contributed by atoms with Crippen molar-refractivity contribution < 1.29 is 33.0 Å². The van der Waals surface area contributed by atoms with E-state index in [9.17, 15) is 14.4 Å². The molecule has 0 aliphatic heterocycles. The summed E-state index contributed by atoms with van der Waals surface area (Å²) in [5, 5.41) is 2.85. The van der Waals surface area contributed by atoms with Crippen LogP contribution in [0.3, 0.4) is 0 Å². The quantitative estimate of drug-likeness (QED) is 0.384. The number of amides is 1. The summed E-state index contributed by atoms with van der Waals surface area (Å²) in [6.45, 7) is 5.93. The molecule has 1 N–H and O–H groups in total. The molecule has 0 aliphatic carbocycles. The smallest absolute Gasteiger partial charge is 0.348 e. The van der Waals surface area contributed by atoms with Crippen molar-refractivity contribution in [2.75, 3.05) is 19.0 Å². The first-order valence-electron chi connectivity index (χ1n) is 10.9. The second-order valence-corrected chi connectivity index (χ2v) is 8.41. The van der Waals surface area contributed by atoms with Gasteiger partial charge in [-0.3, -0.25) is 4.79 Å². The molecule has 0 saturated heterocycles. The molecule has 2 aromatic heterocycles. The number of furan rings is 1. The number of hydrogen-bond donors (Lipinski definition) is 1. The molecule has 0 radical (unpaired) electrons. The van der Waals surface area contributed by atoms with E-state index >= 15 is 0 Å². The zero-order valence-electron chi connectivity index (χ0n) is 19.6. The maximum Gasteiger partial charge on any atom is 0.348 e. The van der Waals surface area contributed by atoms with Gasteiger partial charge in [-0.1, -0.05) is 26.0 Å². The highest BCUT2D eigenvalue weighted by Crippen LogP contribution is 2.34. The maximum atomic E-state index is 12.8. The average molecular weight is 486 g/mol. The molecular formula is C25H27NO7S. The molecule has 0 spiro atoms. The van der Waals surface area contributed by atoms with Crippen LogP contribution in [0.5, 0.6) is 5.75 Å². The molecule has 1 amide bonds. The minimum absolute atomic E-state index is 0.0403. The van der Waals surface area contributed by atoms with Gasteiger partial charge in [0.05, 0.1) is 19.3 Å². The van der Waals surface area contributed by atoms with Gasteiger partial charge in [0.25, 0.3) is 5.91 Å². The highest BCUT2D eigenvalue weighted by molar-refractivity contribution is 7.18. The summed E-state index contributed by atoms with van der Waals surface area (Å²) in [6, 6.07) is 10.9. The minimum Gasteiger partial charge on any atom is -0.486 e. The van der Waals surface area contributed by atoms with Crippen LogP contribution >= 0.6 is 11.3 Å². The summed E-state index contributed by atoms with van der Waals surface area (Å²) < 4.78 is 21.3. The summed E-state index contributed by atoms with van der Waals surface area (Å²) in [5.41, 5.74) is 1.72. The van der Waals surface area contributed by atoms with Crippen molar-refractivity contribution in [2.45, 2.75) is 40.2 Å². The number of rotatable bonds is 10. The third-order valence-corrected chi connectivity index (χ3v) is 6.17. The first-order valence-corrected chi connectivity index (χ1v) is 11.7. The number of carbonyl (C=O) groups excluding carboxylic acids is 3. The van der Waals surface area contributed by atoms with Gasteiger partial charge in [0.2, 0.25) is 0 Å². The van der Waals surface area contributed by atoms with Crippen molar-refractivity contribution >= 4 is 34.2 Å². The molecule has 3 aromatic rings. The lowest BCUT2D eigenvalue weighted by Crippen LogP contribution is -2.14. The Labute approximate surface area is 201 Å². The van der Waals surface area contributed by atoms with E-state index in [1.807, 2.05) is 31.2 Å². The van der Waals surface area contributed by atoms with Gasteiger partial charge >= 0.3 is 11.9 Å². The molecule has 180 valence electrons. The Hall–Kier alpha value is -3.59. The fraction of sp³-hybridized carbons (Fsp3) is 0.320. The Kier molecular flexibility index (Phi) is 8.48. The molecule has 3 rings (SSSR count). The number of thiophene rings is 1. The zero-order chi connectivity index (χ0) is 24.7. The maximum absolute atomic E-state index is 12.8. The SMILES string of the molecule is CCCOC(=O)c1c(NC(=O)c2ccc(COc3ccc(CC)cc3)o2)sc(C(=O)OC)c1C. The number of esters is 2. The summed E-state index contributed by atoms with van der Waals surface area (Å²) in [6.07, 6.45) is 1.58. The predicted octanol–water partition coefficient (Wildman–Crippen LogP) is 5.40. The molecule has 1 aromatic carbocycles. The molecule has 0 aliphatic rings. The summed E-state index contributed by atoms with van der Waals surface area (Å²) in [7, 11) is 1.25. The van der Waals surface area contributed by atoms with Gasteiger partial charge in [-0.2, -0.15) is 0 Å². The zero-order valence-corrected chi connectivity index (χ0v) is 20.4. The second-order valence-electron chi connectivity index (χ2n) is 7.39. The number of benzene rings is 1. The van der Waals surface area contributed by atoms with Crippen LogP contribution in [-0.2, 0) is 22.5 Å². The van der Waals surface area contributed by atoms with E-state index in [2.05, 4.69) is 12.2 Å². The number of hydrogen-bond acceptors (Lipinski definition) is 8. The van der Waals surface area contributed by atoms with Crippen molar-refractivity contribution in [3.05, 3.63) is 69.5 Å². The van der Waals surface area contributed by atoms with Crippen LogP contribution in [-0.4, -0.2) is 31.6 Å². The van der Waals surface area contributed by atoms with Crippen LogP contribution in [0.25, 0.3) is 0 Å². The fourth-order valence-electron chi connectivity index (χ4n) is 3.12. The fourth-order valence-corrected chi connectivity index (χ4v) is 4.23. The number of ether oxygens (including phenoxy) is 3. The molecule has 0 saturated carbocycles. The minimum atomic E-state index is -0.622. The standard InChI is InChI=1S/C25H27NO7S/c1-5-13-31-24(28)20-15(3)21(25(29)30-4)34-23(20)26-22(27)19-12-11-18(33-19)14-32-17-9-7-16(6-2)8-10-17/h7-12H,5-6,13-14H2,1-4H3,(H,26,27). The van der Waals surface area contributed by atoms with E-state index in [0.717, 1.165) is 17.8 Å². The van der Waals surface area contributed by atoms with Crippen LogP contribution in [0.2, 0.25) is 0 Å². The third kappa shape index (κ3) is 5.85. The molecule has 0 unspecified atom stereocenters. The van der Waals surface area contributed by atoms with Crippen LogP contribution in [0.15, 0.2) is 40.8 Å². The predicted molar refractivity (Wildman–Crippen MR) is 128 cm³/mol. The molecule has 0 fully saturated rings. The van der Waals surface area contributed by atoms with Gasteiger partial charge in [0, 0.05) is 0 Å². The Morgan fingerprint density at radius 2 is 1.76 bits per heavy atom. The average Bonchev–Trinajstić information content (AvgIpc) is 3.45. The van der Waals surface area contributed by atoms with Gasteiger partial charge in [-0.25, -0.2) is 9.59 Å². The van der Waals surface area contributed by atoms with Gasteiger partial charge in [-0.15, -0.1) is 11.3 Å². The highest BCUT2D eigenvalue weighted by Gasteiger charge is 2.28. The van der Waals surface area contributed by atoms with Gasteiger partial charge in [0.1, 0.15) is 28.0 Å². The third-order valence-electron chi connectivity index (χ3n) is 4.98. The molecule has 34 heavy (non-hydrogen) atoms. The first-order chi connectivity index (χ1) is 16.4. The number of anilines is 1. The number of nitrogens with one attached hydrogen (secondary N) is 1. The van der Waals surface area contributed by atoms with E-state index < -0.39 is 17.8 Å². The van der Waals surface area contributed by atoms with Crippen LogP contribution in [0.1, 0.15) is 67.7 Å². The Bertz CT molecular complexity index is 1160. The van der Waals surface area contributed by atoms with Crippen molar-refractivity contribution in [3.63, 3.8) is 0 Å². The molecular weight excluding hydrogens is 458 g/mol.